The first kappa shape index (κ1) is 11.9. The van der Waals surface area contributed by atoms with Gasteiger partial charge in [-0.1, -0.05) is 18.0 Å². The highest BCUT2D eigenvalue weighted by Crippen LogP contribution is 2.27. The zero-order chi connectivity index (χ0) is 10.9. The second-order valence-electron chi connectivity index (χ2n) is 4.01. The second-order valence-corrected chi connectivity index (χ2v) is 4.01. The molecule has 0 heterocycles. The Kier molecular flexibility index (Phi) is 5.63. The van der Waals surface area contributed by atoms with Crippen LogP contribution in [0.15, 0.2) is 5.11 Å². The van der Waals surface area contributed by atoms with E-state index in [0.717, 1.165) is 6.42 Å². The van der Waals surface area contributed by atoms with Gasteiger partial charge in [0.25, 0.3) is 0 Å². The molecule has 0 aromatic heterocycles. The number of amides is 1. The van der Waals surface area contributed by atoms with Gasteiger partial charge in [0.05, 0.1) is 0 Å². The molecule has 1 rings (SSSR count). The molecular weight excluding hydrogens is 192 g/mol. The number of carbonyl (C=O) groups is 1. The summed E-state index contributed by atoms with van der Waals surface area (Å²) in [5.41, 5.74) is 8.04. The van der Waals surface area contributed by atoms with Crippen molar-refractivity contribution in [3.05, 3.63) is 10.4 Å². The first-order valence-electron chi connectivity index (χ1n) is 5.60. The molecule has 0 saturated heterocycles. The van der Waals surface area contributed by atoms with Gasteiger partial charge in [0.2, 0.25) is 5.91 Å². The summed E-state index contributed by atoms with van der Waals surface area (Å²) < 4.78 is 0. The fourth-order valence-corrected chi connectivity index (χ4v) is 1.97. The molecule has 0 aromatic carbocycles. The topological polar surface area (TPSA) is 77.9 Å². The van der Waals surface area contributed by atoms with Crippen LogP contribution < -0.4 is 5.32 Å². The molecule has 0 atom stereocenters. The van der Waals surface area contributed by atoms with E-state index in [1.807, 2.05) is 0 Å². The molecule has 1 amide bonds. The van der Waals surface area contributed by atoms with Crippen molar-refractivity contribution in [3.8, 4) is 0 Å². The molecule has 1 aliphatic rings. The summed E-state index contributed by atoms with van der Waals surface area (Å²) in [6.45, 7) is 1.07. The van der Waals surface area contributed by atoms with E-state index in [1.165, 1.54) is 25.7 Å². The SMILES string of the molecule is [N-]=[N+]=NCCCNC(=O)CC1CCCC1. The summed E-state index contributed by atoms with van der Waals surface area (Å²) in [4.78, 5) is 14.1. The van der Waals surface area contributed by atoms with E-state index in [2.05, 4.69) is 15.3 Å². The van der Waals surface area contributed by atoms with Gasteiger partial charge in [0.15, 0.2) is 0 Å². The molecule has 0 unspecified atom stereocenters. The summed E-state index contributed by atoms with van der Waals surface area (Å²) in [5.74, 6) is 0.741. The van der Waals surface area contributed by atoms with Crippen LogP contribution in [0.2, 0.25) is 0 Å². The van der Waals surface area contributed by atoms with E-state index < -0.39 is 0 Å². The number of hydrogen-bond acceptors (Lipinski definition) is 2. The number of azide groups is 1. The van der Waals surface area contributed by atoms with Crippen molar-refractivity contribution >= 4 is 5.91 Å². The quantitative estimate of drug-likeness (QED) is 0.310. The predicted octanol–water partition coefficient (Wildman–Crippen LogP) is 2.38. The van der Waals surface area contributed by atoms with E-state index in [-0.39, 0.29) is 5.91 Å². The average Bonchev–Trinajstić information content (AvgIpc) is 2.70. The molecular formula is C10H18N4O. The van der Waals surface area contributed by atoms with Crippen LogP contribution in [0.4, 0.5) is 0 Å². The van der Waals surface area contributed by atoms with Gasteiger partial charge in [0.1, 0.15) is 0 Å². The molecule has 0 aromatic rings. The highest BCUT2D eigenvalue weighted by molar-refractivity contribution is 5.76. The van der Waals surface area contributed by atoms with Crippen molar-refractivity contribution in [1.82, 2.24) is 5.32 Å². The number of nitrogens with zero attached hydrogens (tertiary/aromatic N) is 3. The molecule has 0 bridgehead atoms. The van der Waals surface area contributed by atoms with Crippen LogP contribution in [0.3, 0.4) is 0 Å². The van der Waals surface area contributed by atoms with Crippen LogP contribution in [0, 0.1) is 5.92 Å². The minimum absolute atomic E-state index is 0.142. The van der Waals surface area contributed by atoms with Gasteiger partial charge in [-0.15, -0.1) is 0 Å². The molecule has 0 aliphatic heterocycles. The molecule has 1 aliphatic carbocycles. The van der Waals surface area contributed by atoms with E-state index in [0.29, 0.717) is 25.4 Å². The zero-order valence-electron chi connectivity index (χ0n) is 8.98. The van der Waals surface area contributed by atoms with E-state index in [9.17, 15) is 4.79 Å². The molecule has 1 N–H and O–H groups in total. The highest BCUT2D eigenvalue weighted by Gasteiger charge is 2.17. The summed E-state index contributed by atoms with van der Waals surface area (Å²) in [5, 5.41) is 6.25. The number of nitrogens with one attached hydrogen (secondary N) is 1. The molecule has 84 valence electrons. The van der Waals surface area contributed by atoms with Crippen molar-refractivity contribution in [2.75, 3.05) is 13.1 Å². The summed E-state index contributed by atoms with van der Waals surface area (Å²) in [6.07, 6.45) is 6.34. The van der Waals surface area contributed by atoms with Gasteiger partial charge in [-0.3, -0.25) is 4.79 Å². The highest BCUT2D eigenvalue weighted by atomic mass is 16.1. The van der Waals surface area contributed by atoms with Crippen molar-refractivity contribution in [2.45, 2.75) is 38.5 Å². The molecule has 0 spiro atoms. The zero-order valence-corrected chi connectivity index (χ0v) is 8.98. The van der Waals surface area contributed by atoms with Gasteiger partial charge in [-0.05, 0) is 30.7 Å². The molecule has 0 radical (unpaired) electrons. The lowest BCUT2D eigenvalue weighted by atomic mass is 10.0. The Hall–Kier alpha value is -1.22. The minimum atomic E-state index is 0.142. The van der Waals surface area contributed by atoms with E-state index >= 15 is 0 Å². The number of carbonyl (C=O) groups excluding carboxylic acids is 1. The molecule has 5 nitrogen and oxygen atoms in total. The van der Waals surface area contributed by atoms with Crippen molar-refractivity contribution < 1.29 is 4.79 Å². The Bertz CT molecular complexity index is 242. The molecule has 5 heteroatoms. The third-order valence-electron chi connectivity index (χ3n) is 2.77. The lowest BCUT2D eigenvalue weighted by molar-refractivity contribution is -0.121. The van der Waals surface area contributed by atoms with Crippen LogP contribution in [0.25, 0.3) is 10.4 Å². The maximum atomic E-state index is 11.4. The fraction of sp³-hybridized carbons (Fsp3) is 0.900. The third kappa shape index (κ3) is 5.27. The van der Waals surface area contributed by atoms with Crippen LogP contribution in [0.5, 0.6) is 0 Å². The Morgan fingerprint density at radius 1 is 1.47 bits per heavy atom. The average molecular weight is 210 g/mol. The normalized spacial score (nSPS) is 16.0. The maximum absolute atomic E-state index is 11.4. The Morgan fingerprint density at radius 2 is 2.20 bits per heavy atom. The summed E-state index contributed by atoms with van der Waals surface area (Å²) in [7, 11) is 0. The third-order valence-corrected chi connectivity index (χ3v) is 2.77. The monoisotopic (exact) mass is 210 g/mol. The lowest BCUT2D eigenvalue weighted by Gasteiger charge is -2.08. The second kappa shape index (κ2) is 7.12. The number of rotatable bonds is 6. The van der Waals surface area contributed by atoms with Crippen molar-refractivity contribution in [3.63, 3.8) is 0 Å². The summed E-state index contributed by atoms with van der Waals surface area (Å²) >= 11 is 0. The largest absolute Gasteiger partial charge is 0.356 e. The van der Waals surface area contributed by atoms with Crippen LogP contribution in [-0.2, 0) is 4.79 Å². The van der Waals surface area contributed by atoms with Crippen molar-refractivity contribution in [2.24, 2.45) is 11.0 Å². The van der Waals surface area contributed by atoms with Crippen LogP contribution in [-0.4, -0.2) is 19.0 Å². The minimum Gasteiger partial charge on any atom is -0.356 e. The van der Waals surface area contributed by atoms with E-state index in [4.69, 9.17) is 5.53 Å². The van der Waals surface area contributed by atoms with Gasteiger partial charge in [0, 0.05) is 24.4 Å². The fourth-order valence-electron chi connectivity index (χ4n) is 1.97. The predicted molar refractivity (Wildman–Crippen MR) is 58.2 cm³/mol. The standard InChI is InChI=1S/C10H18N4O/c11-14-13-7-3-6-12-10(15)8-9-4-1-2-5-9/h9H,1-8H2,(H,12,15). The van der Waals surface area contributed by atoms with Gasteiger partial charge in [-0.25, -0.2) is 0 Å². The van der Waals surface area contributed by atoms with Gasteiger partial charge >= 0.3 is 0 Å². The van der Waals surface area contributed by atoms with Crippen LogP contribution >= 0.6 is 0 Å². The van der Waals surface area contributed by atoms with Gasteiger partial charge < -0.3 is 5.32 Å². The molecule has 1 saturated carbocycles. The number of hydrogen-bond donors (Lipinski definition) is 1. The molecule has 1 fully saturated rings. The van der Waals surface area contributed by atoms with Gasteiger partial charge in [-0.2, -0.15) is 0 Å². The molecule has 15 heavy (non-hydrogen) atoms. The van der Waals surface area contributed by atoms with E-state index in [1.54, 1.807) is 0 Å². The van der Waals surface area contributed by atoms with Crippen molar-refractivity contribution in [1.29, 1.82) is 0 Å². The first-order valence-corrected chi connectivity index (χ1v) is 5.60. The Balaban J connectivity index is 2.00. The maximum Gasteiger partial charge on any atom is 0.220 e. The Morgan fingerprint density at radius 3 is 2.87 bits per heavy atom. The lowest BCUT2D eigenvalue weighted by Crippen LogP contribution is -2.26. The summed E-state index contributed by atoms with van der Waals surface area (Å²) in [6, 6.07) is 0. The smallest absolute Gasteiger partial charge is 0.220 e. The first-order chi connectivity index (χ1) is 7.33. The Labute approximate surface area is 89.9 Å². The van der Waals surface area contributed by atoms with Crippen LogP contribution in [0.1, 0.15) is 38.5 Å².